The lowest BCUT2D eigenvalue weighted by atomic mass is 10.1. The van der Waals surface area contributed by atoms with Gasteiger partial charge in [0.1, 0.15) is 5.75 Å². The van der Waals surface area contributed by atoms with E-state index < -0.39 is 10.0 Å². The number of fused-ring (bicyclic) bond motifs is 1. The van der Waals surface area contributed by atoms with Crippen LogP contribution in [0.3, 0.4) is 0 Å². The molecule has 0 aliphatic carbocycles. The van der Waals surface area contributed by atoms with Crippen LogP contribution in [0.25, 0.3) is 11.5 Å². The SMILES string of the molecule is COc1ccc(S(=O)(=O)Nc2cccc(-c3nnc(Cc4ccc5c(c4)OCO5)o3)c2)cc1. The predicted molar refractivity (Wildman–Crippen MR) is 119 cm³/mol. The zero-order chi connectivity index (χ0) is 22.8. The molecule has 0 saturated heterocycles. The molecule has 33 heavy (non-hydrogen) atoms. The second kappa shape index (κ2) is 8.47. The molecule has 0 amide bonds. The molecule has 0 bridgehead atoms. The molecule has 1 aromatic heterocycles. The van der Waals surface area contributed by atoms with Crippen LogP contribution in [-0.4, -0.2) is 32.5 Å². The standard InChI is InChI=1S/C23H19N3O6S/c1-29-18-6-8-19(9-7-18)33(27,28)26-17-4-2-3-16(13-17)23-25-24-22(32-23)12-15-5-10-20-21(11-15)31-14-30-20/h2-11,13,26H,12,14H2,1H3. The van der Waals surface area contributed by atoms with E-state index in [9.17, 15) is 8.42 Å². The monoisotopic (exact) mass is 465 g/mol. The highest BCUT2D eigenvalue weighted by Gasteiger charge is 2.17. The zero-order valence-electron chi connectivity index (χ0n) is 17.5. The van der Waals surface area contributed by atoms with Crippen LogP contribution < -0.4 is 18.9 Å². The third kappa shape index (κ3) is 4.46. The van der Waals surface area contributed by atoms with Crippen molar-refractivity contribution >= 4 is 15.7 Å². The number of nitrogens with one attached hydrogen (secondary N) is 1. The summed E-state index contributed by atoms with van der Waals surface area (Å²) in [5.41, 5.74) is 1.91. The molecule has 0 fully saturated rings. The summed E-state index contributed by atoms with van der Waals surface area (Å²) in [5.74, 6) is 2.68. The van der Waals surface area contributed by atoms with Crippen molar-refractivity contribution in [2.24, 2.45) is 0 Å². The molecule has 0 unspecified atom stereocenters. The van der Waals surface area contributed by atoms with E-state index in [-0.39, 0.29) is 17.6 Å². The van der Waals surface area contributed by atoms with Crippen LogP contribution in [0, 0.1) is 0 Å². The third-order valence-corrected chi connectivity index (χ3v) is 6.39. The van der Waals surface area contributed by atoms with Crippen molar-refractivity contribution in [2.75, 3.05) is 18.6 Å². The first-order valence-corrected chi connectivity index (χ1v) is 11.5. The molecule has 1 aliphatic heterocycles. The molecule has 5 rings (SSSR count). The fourth-order valence-electron chi connectivity index (χ4n) is 3.35. The third-order valence-electron chi connectivity index (χ3n) is 4.99. The van der Waals surface area contributed by atoms with Gasteiger partial charge in [0, 0.05) is 11.3 Å². The molecule has 168 valence electrons. The van der Waals surface area contributed by atoms with Gasteiger partial charge in [0.05, 0.1) is 18.4 Å². The minimum atomic E-state index is -3.77. The van der Waals surface area contributed by atoms with E-state index in [1.165, 1.54) is 19.2 Å². The fraction of sp³-hybridized carbons (Fsp3) is 0.130. The Morgan fingerprint density at radius 2 is 1.79 bits per heavy atom. The van der Waals surface area contributed by atoms with E-state index in [0.717, 1.165) is 5.56 Å². The van der Waals surface area contributed by atoms with Gasteiger partial charge in [0.15, 0.2) is 11.5 Å². The first-order valence-electron chi connectivity index (χ1n) is 9.98. The van der Waals surface area contributed by atoms with Crippen molar-refractivity contribution < 1.29 is 27.0 Å². The highest BCUT2D eigenvalue weighted by Crippen LogP contribution is 2.33. The second-order valence-electron chi connectivity index (χ2n) is 7.23. The molecule has 2 heterocycles. The minimum absolute atomic E-state index is 0.123. The van der Waals surface area contributed by atoms with Crippen molar-refractivity contribution in [3.8, 4) is 28.7 Å². The van der Waals surface area contributed by atoms with Gasteiger partial charge in [0.25, 0.3) is 10.0 Å². The Morgan fingerprint density at radius 1 is 0.970 bits per heavy atom. The average Bonchev–Trinajstić information content (AvgIpc) is 3.48. The van der Waals surface area contributed by atoms with E-state index in [4.69, 9.17) is 18.6 Å². The van der Waals surface area contributed by atoms with Crippen molar-refractivity contribution in [1.82, 2.24) is 10.2 Å². The van der Waals surface area contributed by atoms with Crippen molar-refractivity contribution in [1.29, 1.82) is 0 Å². The lowest BCUT2D eigenvalue weighted by Gasteiger charge is -2.09. The van der Waals surface area contributed by atoms with Crippen LogP contribution >= 0.6 is 0 Å². The van der Waals surface area contributed by atoms with Crippen LogP contribution in [0.5, 0.6) is 17.2 Å². The molecular formula is C23H19N3O6S. The molecule has 0 atom stereocenters. The van der Waals surface area contributed by atoms with Crippen LogP contribution in [-0.2, 0) is 16.4 Å². The van der Waals surface area contributed by atoms with Gasteiger partial charge in [0.2, 0.25) is 18.6 Å². The van der Waals surface area contributed by atoms with Crippen LogP contribution in [0.2, 0.25) is 0 Å². The van der Waals surface area contributed by atoms with Gasteiger partial charge < -0.3 is 18.6 Å². The number of anilines is 1. The Hall–Kier alpha value is -4.05. The van der Waals surface area contributed by atoms with E-state index in [1.807, 2.05) is 18.2 Å². The summed E-state index contributed by atoms with van der Waals surface area (Å²) >= 11 is 0. The van der Waals surface area contributed by atoms with Crippen molar-refractivity contribution in [3.63, 3.8) is 0 Å². The maximum atomic E-state index is 12.7. The number of rotatable bonds is 7. The first-order chi connectivity index (χ1) is 16.0. The summed E-state index contributed by atoms with van der Waals surface area (Å²) in [4.78, 5) is 0.123. The van der Waals surface area contributed by atoms with Gasteiger partial charge in [-0.25, -0.2) is 8.42 Å². The number of hydrogen-bond donors (Lipinski definition) is 1. The zero-order valence-corrected chi connectivity index (χ0v) is 18.3. The number of methoxy groups -OCH3 is 1. The lowest BCUT2D eigenvalue weighted by molar-refractivity contribution is 0.174. The number of aromatic nitrogens is 2. The Morgan fingerprint density at radius 3 is 2.61 bits per heavy atom. The molecule has 1 aliphatic rings. The van der Waals surface area contributed by atoms with E-state index in [0.29, 0.717) is 40.8 Å². The van der Waals surface area contributed by atoms with E-state index in [2.05, 4.69) is 14.9 Å². The molecule has 1 N–H and O–H groups in total. The molecule has 10 heteroatoms. The molecular weight excluding hydrogens is 446 g/mol. The number of sulfonamides is 1. The first kappa shape index (κ1) is 20.8. The summed E-state index contributed by atoms with van der Waals surface area (Å²) in [6.07, 6.45) is 0.424. The number of ether oxygens (including phenoxy) is 3. The van der Waals surface area contributed by atoms with Gasteiger partial charge in [-0.2, -0.15) is 0 Å². The normalized spacial score (nSPS) is 12.5. The predicted octanol–water partition coefficient (Wildman–Crippen LogP) is 3.87. The Kier molecular flexibility index (Phi) is 5.35. The van der Waals surface area contributed by atoms with Gasteiger partial charge in [-0.05, 0) is 60.2 Å². The van der Waals surface area contributed by atoms with Crippen LogP contribution in [0.15, 0.2) is 76.0 Å². The lowest BCUT2D eigenvalue weighted by Crippen LogP contribution is -2.12. The maximum absolute atomic E-state index is 12.7. The Labute approximate surface area is 190 Å². The smallest absolute Gasteiger partial charge is 0.261 e. The van der Waals surface area contributed by atoms with Gasteiger partial charge in [-0.15, -0.1) is 10.2 Å². The summed E-state index contributed by atoms with van der Waals surface area (Å²) < 4.78 is 49.6. The van der Waals surface area contributed by atoms with Gasteiger partial charge in [-0.3, -0.25) is 4.72 Å². The van der Waals surface area contributed by atoms with Crippen molar-refractivity contribution in [2.45, 2.75) is 11.3 Å². The van der Waals surface area contributed by atoms with Crippen molar-refractivity contribution in [3.05, 3.63) is 78.2 Å². The number of hydrogen-bond acceptors (Lipinski definition) is 8. The number of benzene rings is 3. The summed E-state index contributed by atoms with van der Waals surface area (Å²) in [5, 5.41) is 8.22. The average molecular weight is 465 g/mol. The maximum Gasteiger partial charge on any atom is 0.261 e. The van der Waals surface area contributed by atoms with Crippen LogP contribution in [0.4, 0.5) is 5.69 Å². The van der Waals surface area contributed by atoms with E-state index in [1.54, 1.807) is 36.4 Å². The molecule has 9 nitrogen and oxygen atoms in total. The summed E-state index contributed by atoms with van der Waals surface area (Å²) in [6.45, 7) is 0.210. The summed E-state index contributed by atoms with van der Waals surface area (Å²) in [7, 11) is -2.25. The Balaban J connectivity index is 1.32. The highest BCUT2D eigenvalue weighted by atomic mass is 32.2. The second-order valence-corrected chi connectivity index (χ2v) is 8.91. The molecule has 4 aromatic rings. The summed E-state index contributed by atoms with van der Waals surface area (Å²) in [6, 6.07) is 18.5. The molecule has 0 radical (unpaired) electrons. The molecule has 0 spiro atoms. The Bertz CT molecular complexity index is 1400. The minimum Gasteiger partial charge on any atom is -0.497 e. The van der Waals surface area contributed by atoms with Gasteiger partial charge in [-0.1, -0.05) is 12.1 Å². The molecule has 3 aromatic carbocycles. The largest absolute Gasteiger partial charge is 0.497 e. The van der Waals surface area contributed by atoms with Gasteiger partial charge >= 0.3 is 0 Å². The fourth-order valence-corrected chi connectivity index (χ4v) is 4.40. The van der Waals surface area contributed by atoms with E-state index >= 15 is 0 Å². The highest BCUT2D eigenvalue weighted by molar-refractivity contribution is 7.92. The molecule has 0 saturated carbocycles. The topological polar surface area (TPSA) is 113 Å². The van der Waals surface area contributed by atoms with Crippen LogP contribution in [0.1, 0.15) is 11.5 Å². The number of nitrogens with zero attached hydrogens (tertiary/aromatic N) is 2. The quantitative estimate of drug-likeness (QED) is 0.438.